The molecule has 2 aromatic rings. The first kappa shape index (κ1) is 28.0. The number of nitro groups is 1. The molecule has 4 rings (SSSR count). The number of phenols is 1. The molecule has 2 aliphatic heterocycles. The summed E-state index contributed by atoms with van der Waals surface area (Å²) in [6, 6.07) is 8.12. The minimum Gasteiger partial charge on any atom is -0.508 e. The Hall–Kier alpha value is -3.97. The lowest BCUT2D eigenvalue weighted by molar-refractivity contribution is -0.385. The fraction of sp³-hybridized carbons (Fsp3) is 0.385. The largest absolute Gasteiger partial charge is 0.508 e. The van der Waals surface area contributed by atoms with Crippen molar-refractivity contribution < 1.29 is 43.4 Å². The van der Waals surface area contributed by atoms with Gasteiger partial charge >= 0.3 is 17.9 Å². The van der Waals surface area contributed by atoms with Gasteiger partial charge < -0.3 is 19.3 Å². The van der Waals surface area contributed by atoms with Crippen molar-refractivity contribution in [3.8, 4) is 5.75 Å². The second-order valence-electron chi connectivity index (χ2n) is 8.73. The number of hydrogen-bond acceptors (Lipinski definition) is 12. The van der Waals surface area contributed by atoms with E-state index >= 15 is 0 Å². The molecule has 2 aliphatic rings. The number of ketones is 1. The fourth-order valence-corrected chi connectivity index (χ4v) is 6.85. The molecule has 0 saturated carbocycles. The van der Waals surface area contributed by atoms with Crippen molar-refractivity contribution in [3.63, 3.8) is 0 Å². The van der Waals surface area contributed by atoms with Crippen molar-refractivity contribution in [1.29, 1.82) is 0 Å². The van der Waals surface area contributed by atoms with E-state index in [1.807, 2.05) is 0 Å². The van der Waals surface area contributed by atoms with Crippen LogP contribution < -0.4 is 5.32 Å². The molecule has 2 N–H and O–H groups in total. The van der Waals surface area contributed by atoms with Gasteiger partial charge in [0, 0.05) is 28.2 Å². The first-order valence-electron chi connectivity index (χ1n) is 12.2. The molecule has 0 aliphatic carbocycles. The molecular weight excluding hydrogens is 532 g/mol. The van der Waals surface area contributed by atoms with Crippen molar-refractivity contribution in [2.75, 3.05) is 19.8 Å². The zero-order valence-corrected chi connectivity index (χ0v) is 22.1. The fourth-order valence-electron chi connectivity index (χ4n) is 5.17. The lowest BCUT2D eigenvalue weighted by Crippen LogP contribution is -2.63. The summed E-state index contributed by atoms with van der Waals surface area (Å²) in [5.41, 5.74) is -2.99. The zero-order valence-electron chi connectivity index (χ0n) is 21.3. The number of non-ortho nitro benzene ring substituents is 1. The Bertz CT molecular complexity index is 1340. The zero-order chi connectivity index (χ0) is 28.5. The van der Waals surface area contributed by atoms with E-state index in [0.717, 1.165) is 30.0 Å². The third-order valence-electron chi connectivity index (χ3n) is 6.68. The van der Waals surface area contributed by atoms with E-state index in [1.165, 1.54) is 26.8 Å². The second kappa shape index (κ2) is 10.7. The number of carbonyl (C=O) groups excluding carboxylic acids is 4. The van der Waals surface area contributed by atoms with Crippen molar-refractivity contribution in [1.82, 2.24) is 5.32 Å². The summed E-state index contributed by atoms with van der Waals surface area (Å²) in [5.74, 6) is -6.41. The van der Waals surface area contributed by atoms with Crippen LogP contribution in [0.1, 0.15) is 42.7 Å². The van der Waals surface area contributed by atoms with Crippen LogP contribution in [0.5, 0.6) is 5.75 Å². The number of ether oxygens (including phenoxy) is 3. The Morgan fingerprint density at radius 3 is 2.21 bits per heavy atom. The number of aromatic hydroxyl groups is 1. The van der Waals surface area contributed by atoms with Crippen LogP contribution in [0.25, 0.3) is 0 Å². The Kier molecular flexibility index (Phi) is 7.66. The predicted octanol–water partition coefficient (Wildman–Crippen LogP) is 2.72. The molecular formula is C26H26N2O10S. The van der Waals surface area contributed by atoms with Gasteiger partial charge in [0.1, 0.15) is 16.4 Å². The van der Waals surface area contributed by atoms with E-state index in [2.05, 4.69) is 5.32 Å². The number of rotatable bonds is 8. The Morgan fingerprint density at radius 2 is 1.64 bits per heavy atom. The Balaban J connectivity index is 2.10. The molecule has 0 amide bonds. The minimum atomic E-state index is -2.59. The topological polar surface area (TPSA) is 171 Å². The Morgan fingerprint density at radius 1 is 1.03 bits per heavy atom. The maximum Gasteiger partial charge on any atom is 0.339 e. The lowest BCUT2D eigenvalue weighted by Gasteiger charge is -2.34. The van der Waals surface area contributed by atoms with Crippen molar-refractivity contribution in [2.45, 2.75) is 42.0 Å². The van der Waals surface area contributed by atoms with Crippen molar-refractivity contribution >= 4 is 41.1 Å². The monoisotopic (exact) mass is 558 g/mol. The third kappa shape index (κ3) is 4.21. The van der Waals surface area contributed by atoms with Gasteiger partial charge in [-0.1, -0.05) is 18.2 Å². The highest BCUT2D eigenvalue weighted by molar-refractivity contribution is 8.02. The standard InChI is InChI=1S/C26H26N2O10S/c1-4-36-22(31)19-25(23(32)37-5-2,24(33)38-6-3)27-20(16-13-14(28(34)35)11-12-17(16)29)26(19)21(30)15-9-7-8-10-18(15)39-26/h7-13,19-20,27,29H,4-6H2,1-3H3/t19-,20-,26-/m1/s1. The number of Topliss-reactive ketones (excluding diaryl/α,β-unsaturated/α-hetero) is 1. The number of carbonyl (C=O) groups is 4. The molecule has 39 heavy (non-hydrogen) atoms. The summed E-state index contributed by atoms with van der Waals surface area (Å²) in [5, 5.41) is 25.3. The number of fused-ring (bicyclic) bond motifs is 1. The molecule has 2 heterocycles. The molecule has 13 heteroatoms. The van der Waals surface area contributed by atoms with Gasteiger partial charge in [-0.2, -0.15) is 0 Å². The van der Waals surface area contributed by atoms with Gasteiger partial charge in [-0.15, -0.1) is 11.8 Å². The van der Waals surface area contributed by atoms with Gasteiger partial charge in [0.25, 0.3) is 5.69 Å². The average molecular weight is 559 g/mol. The highest BCUT2D eigenvalue weighted by atomic mass is 32.2. The molecule has 0 radical (unpaired) electrons. The van der Waals surface area contributed by atoms with Crippen LogP contribution in [0.4, 0.5) is 5.69 Å². The summed E-state index contributed by atoms with van der Waals surface area (Å²) in [6.07, 6.45) is 0. The van der Waals surface area contributed by atoms with E-state index in [0.29, 0.717) is 4.90 Å². The first-order chi connectivity index (χ1) is 18.6. The van der Waals surface area contributed by atoms with Crippen LogP contribution in [-0.4, -0.2) is 63.8 Å². The van der Waals surface area contributed by atoms with Crippen LogP contribution in [0.15, 0.2) is 47.4 Å². The van der Waals surface area contributed by atoms with Gasteiger partial charge in [0.15, 0.2) is 5.78 Å². The molecule has 2 aromatic carbocycles. The summed E-state index contributed by atoms with van der Waals surface area (Å²) >= 11 is 0.906. The van der Waals surface area contributed by atoms with Gasteiger partial charge in [0.05, 0.1) is 30.8 Å². The average Bonchev–Trinajstić information content (AvgIpc) is 3.37. The highest BCUT2D eigenvalue weighted by Gasteiger charge is 2.78. The van der Waals surface area contributed by atoms with Gasteiger partial charge in [-0.05, 0) is 32.9 Å². The molecule has 3 atom stereocenters. The van der Waals surface area contributed by atoms with E-state index in [4.69, 9.17) is 14.2 Å². The maximum atomic E-state index is 14.3. The molecule has 0 unspecified atom stereocenters. The first-order valence-corrected chi connectivity index (χ1v) is 13.0. The van der Waals surface area contributed by atoms with Gasteiger partial charge in [-0.3, -0.25) is 25.0 Å². The van der Waals surface area contributed by atoms with Crippen LogP contribution in [-0.2, 0) is 28.6 Å². The van der Waals surface area contributed by atoms with E-state index < -0.39 is 62.3 Å². The molecule has 1 saturated heterocycles. The van der Waals surface area contributed by atoms with Crippen LogP contribution >= 0.6 is 11.8 Å². The van der Waals surface area contributed by atoms with Crippen LogP contribution in [0, 0.1) is 16.0 Å². The number of nitrogens with one attached hydrogen (secondary N) is 1. The minimum absolute atomic E-state index is 0.147. The van der Waals surface area contributed by atoms with Crippen LogP contribution in [0.2, 0.25) is 0 Å². The molecule has 1 fully saturated rings. The SMILES string of the molecule is CCOC(=O)[C@@H]1C(C(=O)OCC)(C(=O)OCC)N[C@H](c2cc([N+](=O)[O-])ccc2O)[C@]12Sc1ccccc1C2=O. The van der Waals surface area contributed by atoms with Crippen molar-refractivity contribution in [3.05, 3.63) is 63.7 Å². The Labute approximate surface area is 227 Å². The van der Waals surface area contributed by atoms with E-state index in [1.54, 1.807) is 18.2 Å². The molecule has 0 aromatic heterocycles. The number of benzene rings is 2. The summed E-state index contributed by atoms with van der Waals surface area (Å²) < 4.78 is 13.8. The van der Waals surface area contributed by atoms with E-state index in [-0.39, 0.29) is 30.9 Å². The lowest BCUT2D eigenvalue weighted by atomic mass is 9.73. The number of phenolic OH excluding ortho intramolecular Hbond substituents is 1. The van der Waals surface area contributed by atoms with Gasteiger partial charge in [0.2, 0.25) is 5.54 Å². The second-order valence-corrected chi connectivity index (χ2v) is 10.1. The normalized spacial score (nSPS) is 22.8. The summed E-state index contributed by atoms with van der Waals surface area (Å²) in [7, 11) is 0. The van der Waals surface area contributed by atoms with Gasteiger partial charge in [-0.25, -0.2) is 9.59 Å². The molecule has 206 valence electrons. The predicted molar refractivity (Wildman–Crippen MR) is 136 cm³/mol. The molecule has 12 nitrogen and oxygen atoms in total. The van der Waals surface area contributed by atoms with Crippen LogP contribution in [0.3, 0.4) is 0 Å². The quantitative estimate of drug-likeness (QED) is 0.160. The smallest absolute Gasteiger partial charge is 0.339 e. The van der Waals surface area contributed by atoms with E-state index in [9.17, 15) is 34.4 Å². The maximum absolute atomic E-state index is 14.3. The third-order valence-corrected chi connectivity index (χ3v) is 8.25. The molecule has 1 spiro atoms. The van der Waals surface area contributed by atoms with Crippen molar-refractivity contribution in [2.24, 2.45) is 5.92 Å². The highest BCUT2D eigenvalue weighted by Crippen LogP contribution is 2.63. The summed E-state index contributed by atoms with van der Waals surface area (Å²) in [6.45, 7) is 4.00. The summed E-state index contributed by atoms with van der Waals surface area (Å²) in [4.78, 5) is 66.8. The number of esters is 3. The molecule has 0 bridgehead atoms. The number of hydrogen-bond donors (Lipinski definition) is 2. The number of nitro benzene ring substituents is 1. The number of thioether (sulfide) groups is 1. The number of nitrogens with zero attached hydrogens (tertiary/aromatic N) is 1.